The van der Waals surface area contributed by atoms with Crippen LogP contribution >= 0.6 is 11.6 Å². The van der Waals surface area contributed by atoms with Crippen LogP contribution in [-0.2, 0) is 22.9 Å². The summed E-state index contributed by atoms with van der Waals surface area (Å²) in [4.78, 5) is 0. The Morgan fingerprint density at radius 3 is 2.71 bits per heavy atom. The first-order valence-corrected chi connectivity index (χ1v) is 15.7. The maximum absolute atomic E-state index is 6.60. The van der Waals surface area contributed by atoms with Crippen molar-refractivity contribution in [3.63, 3.8) is 0 Å². The van der Waals surface area contributed by atoms with Crippen molar-refractivity contribution in [3.8, 4) is 5.75 Å². The number of methoxy groups -OCH3 is 1. The van der Waals surface area contributed by atoms with E-state index in [1.54, 1.807) is 7.11 Å². The Morgan fingerprint density at radius 2 is 2.02 bits per heavy atom. The number of ether oxygens (including phenoxy) is 3. The molecular weight excluding hydrogens is 548 g/mol. The van der Waals surface area contributed by atoms with Gasteiger partial charge in [0.15, 0.2) is 0 Å². The molecule has 1 aromatic heterocycles. The highest BCUT2D eigenvalue weighted by Crippen LogP contribution is 2.26. The molecule has 8 heteroatoms. The number of hydrogen-bond acceptors (Lipinski definition) is 6. The van der Waals surface area contributed by atoms with E-state index < -0.39 is 0 Å². The van der Waals surface area contributed by atoms with Gasteiger partial charge in [-0.05, 0) is 42.9 Å². The third-order valence-electron chi connectivity index (χ3n) is 7.60. The van der Waals surface area contributed by atoms with Crippen LogP contribution in [-0.4, -0.2) is 68.0 Å². The Labute approximate surface area is 259 Å². The van der Waals surface area contributed by atoms with Crippen LogP contribution in [0.2, 0.25) is 5.02 Å². The van der Waals surface area contributed by atoms with E-state index in [-0.39, 0.29) is 29.6 Å². The minimum atomic E-state index is -0.0146. The van der Waals surface area contributed by atoms with Crippen LogP contribution in [0.5, 0.6) is 5.75 Å². The zero-order valence-electron chi connectivity index (χ0n) is 26.7. The van der Waals surface area contributed by atoms with E-state index in [1.807, 2.05) is 36.3 Å². The Bertz CT molecular complexity index is 1130. The highest BCUT2D eigenvalue weighted by atomic mass is 35.5. The van der Waals surface area contributed by atoms with Crippen molar-refractivity contribution in [2.45, 2.75) is 72.1 Å². The largest absolute Gasteiger partial charge is 0.495 e. The van der Waals surface area contributed by atoms with Crippen molar-refractivity contribution in [1.82, 2.24) is 20.4 Å². The number of nitrogens with zero attached hydrogens (tertiary/aromatic N) is 2. The van der Waals surface area contributed by atoms with Crippen molar-refractivity contribution in [3.05, 3.63) is 65.0 Å². The number of halogens is 1. The number of rotatable bonds is 8. The van der Waals surface area contributed by atoms with Gasteiger partial charge in [0.2, 0.25) is 0 Å². The molecule has 1 aromatic carbocycles. The molecule has 0 aliphatic carbocycles. The number of aryl methyl sites for hydroxylation is 1. The van der Waals surface area contributed by atoms with Gasteiger partial charge in [0.25, 0.3) is 0 Å². The predicted octanol–water partition coefficient (Wildman–Crippen LogP) is 6.32. The Hall–Kier alpha value is -2.16. The van der Waals surface area contributed by atoms with Gasteiger partial charge in [-0.1, -0.05) is 76.6 Å². The van der Waals surface area contributed by atoms with E-state index in [9.17, 15) is 0 Å². The Morgan fingerprint density at radius 1 is 1.21 bits per heavy atom. The SMILES string of the molecule is COc1ccc(C[C@@H]2CNCC(C)(C)CO[C@@H](CC(C)C)CO[C@H]([C@H](C)/C=C/c3cnn(C)c3)C/C=C/CN2)cc1Cl. The van der Waals surface area contributed by atoms with Crippen LogP contribution in [0.1, 0.15) is 58.6 Å². The van der Waals surface area contributed by atoms with E-state index in [4.69, 9.17) is 25.8 Å². The van der Waals surface area contributed by atoms with E-state index in [0.29, 0.717) is 29.9 Å². The second kappa shape index (κ2) is 17.2. The molecule has 42 heavy (non-hydrogen) atoms. The first-order chi connectivity index (χ1) is 20.0. The summed E-state index contributed by atoms with van der Waals surface area (Å²) < 4.78 is 20.3. The lowest BCUT2D eigenvalue weighted by Gasteiger charge is -2.31. The van der Waals surface area contributed by atoms with Crippen LogP contribution in [0.3, 0.4) is 0 Å². The van der Waals surface area contributed by atoms with Crippen LogP contribution in [0.25, 0.3) is 6.08 Å². The van der Waals surface area contributed by atoms with Gasteiger partial charge in [-0.3, -0.25) is 4.68 Å². The minimum absolute atomic E-state index is 0.0146. The number of hydrogen-bond donors (Lipinski definition) is 2. The summed E-state index contributed by atoms with van der Waals surface area (Å²) in [6.07, 6.45) is 15.5. The van der Waals surface area contributed by atoms with Crippen LogP contribution in [0.4, 0.5) is 0 Å². The topological polar surface area (TPSA) is 69.6 Å². The van der Waals surface area contributed by atoms with E-state index in [1.165, 1.54) is 5.56 Å². The van der Waals surface area contributed by atoms with Gasteiger partial charge in [-0.2, -0.15) is 5.10 Å². The fraction of sp³-hybridized carbons (Fsp3) is 0.618. The first-order valence-electron chi connectivity index (χ1n) is 15.4. The lowest BCUT2D eigenvalue weighted by Crippen LogP contribution is -2.44. The Kier molecular flexibility index (Phi) is 14.1. The average Bonchev–Trinajstić information content (AvgIpc) is 3.35. The summed E-state index contributed by atoms with van der Waals surface area (Å²) in [6.45, 7) is 15.0. The first kappa shape index (κ1) is 34.3. The van der Waals surface area contributed by atoms with Gasteiger partial charge < -0.3 is 24.8 Å². The lowest BCUT2D eigenvalue weighted by atomic mass is 9.94. The molecule has 0 saturated heterocycles. The summed E-state index contributed by atoms with van der Waals surface area (Å²) in [7, 11) is 3.58. The highest BCUT2D eigenvalue weighted by molar-refractivity contribution is 6.32. The molecule has 2 heterocycles. The third kappa shape index (κ3) is 12.2. The number of benzene rings is 1. The van der Waals surface area contributed by atoms with Gasteiger partial charge in [0.1, 0.15) is 5.75 Å². The van der Waals surface area contributed by atoms with Crippen LogP contribution < -0.4 is 15.4 Å². The van der Waals surface area contributed by atoms with E-state index in [0.717, 1.165) is 44.5 Å². The predicted molar refractivity (Wildman–Crippen MR) is 174 cm³/mol. The molecule has 0 spiro atoms. The normalized spacial score (nSPS) is 24.5. The molecule has 0 saturated carbocycles. The monoisotopic (exact) mass is 600 g/mol. The summed E-state index contributed by atoms with van der Waals surface area (Å²) in [5, 5.41) is 12.4. The smallest absolute Gasteiger partial charge is 0.137 e. The number of aromatic nitrogens is 2. The summed E-state index contributed by atoms with van der Waals surface area (Å²) in [6, 6.07) is 6.28. The summed E-state index contributed by atoms with van der Waals surface area (Å²) >= 11 is 6.43. The zero-order valence-corrected chi connectivity index (χ0v) is 27.5. The van der Waals surface area contributed by atoms with Gasteiger partial charge in [-0.25, -0.2) is 0 Å². The fourth-order valence-corrected chi connectivity index (χ4v) is 5.43. The molecule has 1 aliphatic heterocycles. The van der Waals surface area contributed by atoms with Gasteiger partial charge in [0.05, 0.1) is 43.8 Å². The molecule has 0 bridgehead atoms. The molecule has 234 valence electrons. The molecule has 0 amide bonds. The second-order valence-corrected chi connectivity index (χ2v) is 13.3. The fourth-order valence-electron chi connectivity index (χ4n) is 5.15. The maximum Gasteiger partial charge on any atom is 0.137 e. The van der Waals surface area contributed by atoms with E-state index >= 15 is 0 Å². The molecule has 4 atom stereocenters. The van der Waals surface area contributed by atoms with Gasteiger partial charge in [-0.15, -0.1) is 0 Å². The molecule has 7 nitrogen and oxygen atoms in total. The standard InChI is InChI=1S/C34H53ClN4O3/c1-25(2)16-30-22-41-32(26(3)11-12-28-19-38-39(6)21-28)10-8-9-15-37-29(20-36-23-34(4,5)24-42-30)17-27-13-14-33(40-7)31(35)18-27/h8-9,11-14,18-19,21,25-26,29-30,32,36-37H,10,15-17,20,22-24H2,1-7H3/b9-8+,12-11+/t26-,29-,30+,32+/m1/s1. The molecule has 2 N–H and O–H groups in total. The van der Waals surface area contributed by atoms with Crippen molar-refractivity contribution >= 4 is 17.7 Å². The molecule has 1 aliphatic rings. The van der Waals surface area contributed by atoms with E-state index in [2.05, 4.69) is 80.7 Å². The summed E-state index contributed by atoms with van der Waals surface area (Å²) in [5.74, 6) is 1.46. The molecule has 0 unspecified atom stereocenters. The average molecular weight is 601 g/mol. The van der Waals surface area contributed by atoms with Crippen molar-refractivity contribution in [1.29, 1.82) is 0 Å². The minimum Gasteiger partial charge on any atom is -0.495 e. The van der Waals surface area contributed by atoms with Crippen molar-refractivity contribution < 1.29 is 14.2 Å². The zero-order chi connectivity index (χ0) is 30.5. The third-order valence-corrected chi connectivity index (χ3v) is 7.89. The molecule has 0 radical (unpaired) electrons. The quantitative estimate of drug-likeness (QED) is 0.345. The molecule has 2 aromatic rings. The van der Waals surface area contributed by atoms with Crippen molar-refractivity contribution in [2.75, 3.05) is 40.0 Å². The van der Waals surface area contributed by atoms with Crippen LogP contribution in [0, 0.1) is 17.3 Å². The molecule has 0 fully saturated rings. The lowest BCUT2D eigenvalue weighted by molar-refractivity contribution is -0.0763. The van der Waals surface area contributed by atoms with Gasteiger partial charge >= 0.3 is 0 Å². The highest BCUT2D eigenvalue weighted by Gasteiger charge is 2.24. The van der Waals surface area contributed by atoms with Crippen LogP contribution in [0.15, 0.2) is 48.8 Å². The number of nitrogens with one attached hydrogen (secondary N) is 2. The molecular formula is C34H53ClN4O3. The van der Waals surface area contributed by atoms with Gasteiger partial charge in [0, 0.05) is 55.8 Å². The van der Waals surface area contributed by atoms with Crippen molar-refractivity contribution in [2.24, 2.45) is 24.3 Å². The maximum atomic E-state index is 6.60. The molecule has 3 rings (SSSR count). The Balaban J connectivity index is 1.74. The summed E-state index contributed by atoms with van der Waals surface area (Å²) in [5.41, 5.74) is 2.26. The second-order valence-electron chi connectivity index (χ2n) is 12.9.